The third-order valence-corrected chi connectivity index (χ3v) is 1.33. The number of rotatable bonds is 1. The van der Waals surface area contributed by atoms with E-state index in [0.717, 1.165) is 5.82 Å². The maximum absolute atomic E-state index is 10.8. The smallest absolute Gasteiger partial charge is 0.293 e. The number of aryl methyl sites for hydroxylation is 1. The summed E-state index contributed by atoms with van der Waals surface area (Å²) < 4.78 is 1.30. The molecule has 0 spiro atoms. The average molecular weight is 141 g/mol. The first-order valence-corrected chi connectivity index (χ1v) is 3.24. The number of aromatic nitrogens is 3. The second-order valence-corrected chi connectivity index (χ2v) is 2.59. The van der Waals surface area contributed by atoms with Crippen molar-refractivity contribution >= 4 is 0 Å². The summed E-state index contributed by atoms with van der Waals surface area (Å²) in [5.74, 6) is 1.03. The molecule has 56 valence electrons. The molecule has 0 saturated heterocycles. The van der Waals surface area contributed by atoms with Gasteiger partial charge in [0, 0.05) is 13.0 Å². The lowest BCUT2D eigenvalue weighted by Crippen LogP contribution is -2.13. The van der Waals surface area contributed by atoms with Gasteiger partial charge in [-0.3, -0.25) is 4.98 Å². The summed E-state index contributed by atoms with van der Waals surface area (Å²) in [4.78, 5) is 13.4. The molecule has 0 bridgehead atoms. The van der Waals surface area contributed by atoms with Crippen LogP contribution >= 0.6 is 0 Å². The molecule has 1 N–H and O–H groups in total. The van der Waals surface area contributed by atoms with Crippen LogP contribution in [-0.2, 0) is 7.05 Å². The summed E-state index contributed by atoms with van der Waals surface area (Å²) in [7, 11) is 1.63. The lowest BCUT2D eigenvalue weighted by atomic mass is 10.2. The summed E-state index contributed by atoms with van der Waals surface area (Å²) in [6.07, 6.45) is 0. The standard InChI is InChI=1S/C6H11N3O/c1-4(2)5-7-6(10)9(3)8-5/h4H,1-3H3,(H,7,8,10). The normalized spacial score (nSPS) is 10.8. The summed E-state index contributed by atoms with van der Waals surface area (Å²) in [5, 5.41) is 3.96. The largest absolute Gasteiger partial charge is 0.343 e. The van der Waals surface area contributed by atoms with E-state index >= 15 is 0 Å². The SMILES string of the molecule is CC(C)c1nn(C)c(=O)[nH]1. The van der Waals surface area contributed by atoms with E-state index in [1.165, 1.54) is 4.68 Å². The molecule has 0 aromatic carbocycles. The minimum absolute atomic E-state index is 0.149. The topological polar surface area (TPSA) is 50.7 Å². The highest BCUT2D eigenvalue weighted by molar-refractivity contribution is 4.88. The van der Waals surface area contributed by atoms with E-state index < -0.39 is 0 Å². The Balaban J connectivity index is 3.10. The number of nitrogens with one attached hydrogen (secondary N) is 1. The average Bonchev–Trinajstić information content (AvgIpc) is 2.13. The van der Waals surface area contributed by atoms with E-state index in [2.05, 4.69) is 10.1 Å². The van der Waals surface area contributed by atoms with Gasteiger partial charge in [0.25, 0.3) is 0 Å². The second-order valence-electron chi connectivity index (χ2n) is 2.59. The molecular formula is C6H11N3O. The number of hydrogen-bond donors (Lipinski definition) is 1. The Morgan fingerprint density at radius 3 is 2.40 bits per heavy atom. The Kier molecular flexibility index (Phi) is 1.61. The van der Waals surface area contributed by atoms with Crippen molar-refractivity contribution in [3.63, 3.8) is 0 Å². The van der Waals surface area contributed by atoms with Crippen LogP contribution in [0.25, 0.3) is 0 Å². The maximum Gasteiger partial charge on any atom is 0.343 e. The minimum atomic E-state index is -0.149. The van der Waals surface area contributed by atoms with Crippen molar-refractivity contribution in [1.29, 1.82) is 0 Å². The van der Waals surface area contributed by atoms with Gasteiger partial charge in [0.1, 0.15) is 5.82 Å². The van der Waals surface area contributed by atoms with Gasteiger partial charge < -0.3 is 0 Å². The summed E-state index contributed by atoms with van der Waals surface area (Å²) in [5.41, 5.74) is -0.149. The molecule has 4 nitrogen and oxygen atoms in total. The highest BCUT2D eigenvalue weighted by atomic mass is 16.1. The third kappa shape index (κ3) is 1.10. The van der Waals surface area contributed by atoms with E-state index in [0.29, 0.717) is 0 Å². The molecule has 1 aromatic rings. The molecule has 0 unspecified atom stereocenters. The molecule has 0 saturated carbocycles. The first-order valence-electron chi connectivity index (χ1n) is 3.24. The highest BCUT2D eigenvalue weighted by Gasteiger charge is 2.04. The van der Waals surface area contributed by atoms with Gasteiger partial charge in [-0.1, -0.05) is 13.8 Å². The molecule has 0 aliphatic heterocycles. The zero-order valence-corrected chi connectivity index (χ0v) is 6.38. The number of aromatic amines is 1. The van der Waals surface area contributed by atoms with Crippen LogP contribution in [-0.4, -0.2) is 14.8 Å². The van der Waals surface area contributed by atoms with Crippen LogP contribution in [0.5, 0.6) is 0 Å². The van der Waals surface area contributed by atoms with E-state index in [1.54, 1.807) is 7.05 Å². The van der Waals surface area contributed by atoms with Crippen molar-refractivity contribution in [2.24, 2.45) is 7.05 Å². The Bertz CT molecular complexity index is 271. The van der Waals surface area contributed by atoms with Crippen LogP contribution < -0.4 is 5.69 Å². The minimum Gasteiger partial charge on any atom is -0.293 e. The number of H-pyrrole nitrogens is 1. The van der Waals surface area contributed by atoms with Crippen molar-refractivity contribution in [2.45, 2.75) is 19.8 Å². The molecule has 0 aliphatic rings. The van der Waals surface area contributed by atoms with Crippen molar-refractivity contribution in [2.75, 3.05) is 0 Å². The molecule has 1 aromatic heterocycles. The van der Waals surface area contributed by atoms with Gasteiger partial charge in [0.15, 0.2) is 0 Å². The van der Waals surface area contributed by atoms with Crippen molar-refractivity contribution in [3.8, 4) is 0 Å². The van der Waals surface area contributed by atoms with Gasteiger partial charge in [0.2, 0.25) is 0 Å². The predicted octanol–water partition coefficient (Wildman–Crippen LogP) is 0.232. The zero-order valence-electron chi connectivity index (χ0n) is 6.38. The van der Waals surface area contributed by atoms with E-state index in [9.17, 15) is 4.79 Å². The fourth-order valence-corrected chi connectivity index (χ4v) is 0.682. The van der Waals surface area contributed by atoms with E-state index in [1.807, 2.05) is 13.8 Å². The van der Waals surface area contributed by atoms with Gasteiger partial charge in [-0.05, 0) is 0 Å². The molecule has 10 heavy (non-hydrogen) atoms. The van der Waals surface area contributed by atoms with E-state index in [-0.39, 0.29) is 11.6 Å². The van der Waals surface area contributed by atoms with Crippen molar-refractivity contribution in [3.05, 3.63) is 16.3 Å². The second kappa shape index (κ2) is 2.28. The molecule has 0 radical (unpaired) electrons. The third-order valence-electron chi connectivity index (χ3n) is 1.33. The molecular weight excluding hydrogens is 130 g/mol. The molecule has 0 aliphatic carbocycles. The Morgan fingerprint density at radius 1 is 1.60 bits per heavy atom. The van der Waals surface area contributed by atoms with Crippen LogP contribution in [0.3, 0.4) is 0 Å². The van der Waals surface area contributed by atoms with Gasteiger partial charge in [-0.15, -0.1) is 0 Å². The molecule has 0 amide bonds. The Hall–Kier alpha value is -1.06. The van der Waals surface area contributed by atoms with Gasteiger partial charge in [0.05, 0.1) is 0 Å². The van der Waals surface area contributed by atoms with Crippen molar-refractivity contribution < 1.29 is 0 Å². The van der Waals surface area contributed by atoms with E-state index in [4.69, 9.17) is 0 Å². The molecule has 1 heterocycles. The van der Waals surface area contributed by atoms with Gasteiger partial charge in [-0.25, -0.2) is 9.48 Å². The molecule has 0 fully saturated rings. The van der Waals surface area contributed by atoms with Crippen molar-refractivity contribution in [1.82, 2.24) is 14.8 Å². The number of nitrogens with zero attached hydrogens (tertiary/aromatic N) is 2. The van der Waals surface area contributed by atoms with Crippen LogP contribution in [0.15, 0.2) is 4.79 Å². The Labute approximate surface area is 58.9 Å². The Morgan fingerprint density at radius 2 is 2.20 bits per heavy atom. The first-order chi connectivity index (χ1) is 4.61. The lowest BCUT2D eigenvalue weighted by Gasteiger charge is -1.94. The fourth-order valence-electron chi connectivity index (χ4n) is 0.682. The fraction of sp³-hybridized carbons (Fsp3) is 0.667. The molecule has 1 rings (SSSR count). The van der Waals surface area contributed by atoms with Crippen LogP contribution in [0.2, 0.25) is 0 Å². The van der Waals surface area contributed by atoms with Gasteiger partial charge >= 0.3 is 5.69 Å². The summed E-state index contributed by atoms with van der Waals surface area (Å²) >= 11 is 0. The number of hydrogen-bond acceptors (Lipinski definition) is 2. The summed E-state index contributed by atoms with van der Waals surface area (Å²) in [6.45, 7) is 3.97. The highest BCUT2D eigenvalue weighted by Crippen LogP contribution is 2.03. The molecule has 0 atom stereocenters. The lowest BCUT2D eigenvalue weighted by molar-refractivity contribution is 0.697. The zero-order chi connectivity index (χ0) is 7.72. The predicted molar refractivity (Wildman–Crippen MR) is 37.9 cm³/mol. The summed E-state index contributed by atoms with van der Waals surface area (Å²) in [6, 6.07) is 0. The van der Waals surface area contributed by atoms with Crippen LogP contribution in [0.4, 0.5) is 0 Å². The first kappa shape index (κ1) is 7.05. The maximum atomic E-state index is 10.8. The van der Waals surface area contributed by atoms with Crippen LogP contribution in [0, 0.1) is 0 Å². The monoisotopic (exact) mass is 141 g/mol. The van der Waals surface area contributed by atoms with Gasteiger partial charge in [-0.2, -0.15) is 5.10 Å². The van der Waals surface area contributed by atoms with Crippen LogP contribution in [0.1, 0.15) is 25.6 Å². The molecule has 4 heteroatoms. The quantitative estimate of drug-likeness (QED) is 0.608.